The van der Waals surface area contributed by atoms with E-state index in [2.05, 4.69) is 15.8 Å². The van der Waals surface area contributed by atoms with Crippen molar-refractivity contribution in [3.05, 3.63) is 84.4 Å². The van der Waals surface area contributed by atoms with Crippen LogP contribution in [0.2, 0.25) is 0 Å². The average molecular weight is 563 g/mol. The molecule has 0 atom stereocenters. The Morgan fingerprint density at radius 3 is 2.49 bits per heavy atom. The van der Waals surface area contributed by atoms with Crippen molar-refractivity contribution in [1.29, 1.82) is 0 Å². The Morgan fingerprint density at radius 1 is 0.951 bits per heavy atom. The fourth-order valence-corrected chi connectivity index (χ4v) is 4.72. The second-order valence-corrected chi connectivity index (χ2v) is 9.55. The third kappa shape index (κ3) is 5.78. The van der Waals surface area contributed by atoms with Gasteiger partial charge in [0.2, 0.25) is 0 Å². The van der Waals surface area contributed by atoms with E-state index in [1.54, 1.807) is 18.3 Å². The van der Waals surface area contributed by atoms with Crippen LogP contribution < -0.4 is 10.4 Å². The minimum atomic E-state index is -5.09. The molecule has 0 saturated carbocycles. The number of rotatable bonds is 7. The van der Waals surface area contributed by atoms with Gasteiger partial charge in [0, 0.05) is 35.9 Å². The Hall–Kier alpha value is -4.71. The number of alkyl halides is 3. The summed E-state index contributed by atoms with van der Waals surface area (Å²) < 4.78 is 44.8. The largest absolute Gasteiger partial charge is 0.493 e. The highest BCUT2D eigenvalue weighted by molar-refractivity contribution is 5.78. The normalized spacial score (nSPS) is 14.0. The zero-order chi connectivity index (χ0) is 28.4. The Bertz CT molecular complexity index is 1700. The molecule has 1 saturated heterocycles. The van der Waals surface area contributed by atoms with Crippen molar-refractivity contribution in [2.75, 3.05) is 36.7 Å². The number of aromatic nitrogens is 4. The molecular formula is C29H25F3N6O3. The summed E-state index contributed by atoms with van der Waals surface area (Å²) in [5.74, 6) is -1.57. The number of nitrogens with zero attached hydrogens (tertiary/aromatic N) is 5. The van der Waals surface area contributed by atoms with Crippen LogP contribution in [0.3, 0.4) is 0 Å². The molecular weight excluding hydrogens is 537 g/mol. The maximum atomic E-state index is 12.4. The lowest BCUT2D eigenvalue weighted by atomic mass is 10.1. The SMILES string of the molecule is O=C(ONc1ccc(-c2cnc(N3CCOCC3)c3nc(CCc4ccc5ccccc5n4)cn23)cc1)C(F)(F)F. The van der Waals surface area contributed by atoms with Crippen LogP contribution in [-0.4, -0.2) is 57.8 Å². The maximum absolute atomic E-state index is 12.4. The van der Waals surface area contributed by atoms with E-state index in [1.165, 1.54) is 12.1 Å². The number of aryl methyl sites for hydroxylation is 2. The van der Waals surface area contributed by atoms with E-state index in [4.69, 9.17) is 19.7 Å². The molecule has 0 amide bonds. The summed E-state index contributed by atoms with van der Waals surface area (Å²) in [7, 11) is 0. The molecule has 9 nitrogen and oxygen atoms in total. The van der Waals surface area contributed by atoms with Gasteiger partial charge in [0.15, 0.2) is 11.5 Å². The highest BCUT2D eigenvalue weighted by atomic mass is 19.4. The molecule has 1 aliphatic rings. The topological polar surface area (TPSA) is 93.9 Å². The fourth-order valence-electron chi connectivity index (χ4n) is 4.72. The Morgan fingerprint density at radius 2 is 1.71 bits per heavy atom. The number of anilines is 2. The van der Waals surface area contributed by atoms with Gasteiger partial charge < -0.3 is 14.5 Å². The molecule has 0 unspecified atom stereocenters. The molecule has 210 valence electrons. The number of pyridine rings is 1. The summed E-state index contributed by atoms with van der Waals surface area (Å²) in [6.07, 6.45) is 0.0224. The summed E-state index contributed by atoms with van der Waals surface area (Å²) in [5.41, 5.74) is 7.23. The van der Waals surface area contributed by atoms with Gasteiger partial charge in [0.05, 0.1) is 42.0 Å². The van der Waals surface area contributed by atoms with E-state index in [9.17, 15) is 18.0 Å². The highest BCUT2D eigenvalue weighted by Crippen LogP contribution is 2.28. The first-order valence-corrected chi connectivity index (χ1v) is 13.0. The molecule has 1 N–H and O–H groups in total. The Labute approximate surface area is 232 Å². The highest BCUT2D eigenvalue weighted by Gasteiger charge is 2.41. The zero-order valence-electron chi connectivity index (χ0n) is 21.8. The van der Waals surface area contributed by atoms with Crippen molar-refractivity contribution >= 4 is 34.0 Å². The summed E-state index contributed by atoms with van der Waals surface area (Å²) in [6.45, 7) is 2.60. The third-order valence-electron chi connectivity index (χ3n) is 6.80. The fraction of sp³-hybridized carbons (Fsp3) is 0.241. The molecule has 6 rings (SSSR count). The monoisotopic (exact) mass is 562 g/mol. The van der Waals surface area contributed by atoms with Gasteiger partial charge in [0.1, 0.15) is 0 Å². The van der Waals surface area contributed by atoms with Gasteiger partial charge in [-0.15, -0.1) is 0 Å². The first kappa shape index (κ1) is 26.5. The smallest absolute Gasteiger partial charge is 0.378 e. The Balaban J connectivity index is 1.28. The van der Waals surface area contributed by atoms with Crippen molar-refractivity contribution in [3.63, 3.8) is 0 Å². The van der Waals surface area contributed by atoms with Crippen LogP contribution in [0.25, 0.3) is 27.8 Å². The maximum Gasteiger partial charge on any atom is 0.493 e. The van der Waals surface area contributed by atoms with Gasteiger partial charge in [-0.1, -0.05) is 36.4 Å². The van der Waals surface area contributed by atoms with Crippen LogP contribution in [0.15, 0.2) is 73.1 Å². The van der Waals surface area contributed by atoms with Crippen molar-refractivity contribution in [2.24, 2.45) is 0 Å². The number of hydrogen-bond donors (Lipinski definition) is 1. The summed E-state index contributed by atoms with van der Waals surface area (Å²) in [5, 5.41) is 1.09. The molecule has 3 aromatic heterocycles. The Kier molecular flexibility index (Phi) is 7.14. The van der Waals surface area contributed by atoms with Crippen LogP contribution in [0.5, 0.6) is 0 Å². The molecule has 0 spiro atoms. The quantitative estimate of drug-likeness (QED) is 0.277. The lowest BCUT2D eigenvalue weighted by Gasteiger charge is -2.28. The predicted octanol–water partition coefficient (Wildman–Crippen LogP) is 5.00. The predicted molar refractivity (Wildman–Crippen MR) is 146 cm³/mol. The number of fused-ring (bicyclic) bond motifs is 2. The lowest BCUT2D eigenvalue weighted by Crippen LogP contribution is -2.37. The van der Waals surface area contributed by atoms with E-state index in [0.717, 1.165) is 39.4 Å². The van der Waals surface area contributed by atoms with Crippen LogP contribution in [0, 0.1) is 0 Å². The number of carbonyl (C=O) groups excluding carboxylic acids is 1. The molecule has 5 aromatic rings. The standard InChI is InChI=1S/C29H25F3N6O3/c30-29(31,32)28(39)41-36-22-9-6-20(7-10-22)25-17-33-26(37-13-15-40-16-14-37)27-35-23(18-38(25)27)12-11-21-8-5-19-3-1-2-4-24(19)34-21/h1-10,17-18,36H,11-16H2. The molecule has 41 heavy (non-hydrogen) atoms. The molecule has 1 aliphatic heterocycles. The number of carbonyl (C=O) groups is 1. The van der Waals surface area contributed by atoms with E-state index >= 15 is 0 Å². The lowest BCUT2D eigenvalue weighted by molar-refractivity contribution is -0.196. The molecule has 4 heterocycles. The van der Waals surface area contributed by atoms with Crippen molar-refractivity contribution < 1.29 is 27.5 Å². The van der Waals surface area contributed by atoms with Gasteiger partial charge in [-0.3, -0.25) is 9.38 Å². The first-order chi connectivity index (χ1) is 19.8. The number of imidazole rings is 1. The minimum absolute atomic E-state index is 0.190. The molecule has 1 fully saturated rings. The van der Waals surface area contributed by atoms with Gasteiger partial charge in [-0.25, -0.2) is 20.2 Å². The average Bonchev–Trinajstić information content (AvgIpc) is 3.43. The van der Waals surface area contributed by atoms with Crippen LogP contribution in [0.4, 0.5) is 24.7 Å². The van der Waals surface area contributed by atoms with Crippen molar-refractivity contribution in [3.8, 4) is 11.3 Å². The number of nitrogens with one attached hydrogen (secondary N) is 1. The van der Waals surface area contributed by atoms with E-state index in [-0.39, 0.29) is 5.69 Å². The number of ether oxygens (including phenoxy) is 1. The second kappa shape index (κ2) is 11.0. The van der Waals surface area contributed by atoms with Gasteiger partial charge in [0.25, 0.3) is 0 Å². The van der Waals surface area contributed by atoms with Crippen LogP contribution in [0.1, 0.15) is 11.4 Å². The number of hydrogen-bond acceptors (Lipinski definition) is 8. The molecule has 2 aromatic carbocycles. The van der Waals surface area contributed by atoms with E-state index in [1.807, 2.05) is 46.4 Å². The number of morpholine rings is 1. The van der Waals surface area contributed by atoms with Crippen LogP contribution >= 0.6 is 0 Å². The number of para-hydroxylation sites is 1. The second-order valence-electron chi connectivity index (χ2n) is 9.55. The van der Waals surface area contributed by atoms with Gasteiger partial charge in [-0.2, -0.15) is 13.2 Å². The molecule has 0 aliphatic carbocycles. The van der Waals surface area contributed by atoms with Crippen molar-refractivity contribution in [1.82, 2.24) is 19.4 Å². The molecule has 0 bridgehead atoms. The van der Waals surface area contributed by atoms with E-state index in [0.29, 0.717) is 44.8 Å². The summed E-state index contributed by atoms with van der Waals surface area (Å²) in [6, 6.07) is 18.5. The number of halogens is 3. The minimum Gasteiger partial charge on any atom is -0.378 e. The van der Waals surface area contributed by atoms with Crippen molar-refractivity contribution in [2.45, 2.75) is 19.0 Å². The third-order valence-corrected chi connectivity index (χ3v) is 6.80. The van der Waals surface area contributed by atoms with Crippen LogP contribution in [-0.2, 0) is 27.2 Å². The zero-order valence-corrected chi connectivity index (χ0v) is 21.8. The van der Waals surface area contributed by atoms with Gasteiger partial charge >= 0.3 is 12.1 Å². The number of benzene rings is 2. The van der Waals surface area contributed by atoms with Gasteiger partial charge in [-0.05, 0) is 37.1 Å². The summed E-state index contributed by atoms with van der Waals surface area (Å²) >= 11 is 0. The first-order valence-electron chi connectivity index (χ1n) is 13.0. The van der Waals surface area contributed by atoms with E-state index < -0.39 is 12.1 Å². The molecule has 0 radical (unpaired) electrons. The molecule has 12 heteroatoms. The summed E-state index contributed by atoms with van der Waals surface area (Å²) in [4.78, 5) is 31.7.